The molecular formula is C6H13N3O2. The first-order valence-corrected chi connectivity index (χ1v) is 3.56. The molecule has 0 spiro atoms. The van der Waals surface area contributed by atoms with Gasteiger partial charge in [0.15, 0.2) is 0 Å². The summed E-state index contributed by atoms with van der Waals surface area (Å²) in [5.74, 6) is 0. The number of ether oxygens (including phenoxy) is 1. The first-order valence-electron chi connectivity index (χ1n) is 3.56. The molecule has 64 valence electrons. The number of carbonyl (C=O) groups is 1. The molecule has 0 unspecified atom stereocenters. The van der Waals surface area contributed by atoms with Crippen molar-refractivity contribution in [3.63, 3.8) is 0 Å². The number of methoxy groups -OCH3 is 1. The number of urea groups is 1. The van der Waals surface area contributed by atoms with Gasteiger partial charge in [-0.3, -0.25) is 4.90 Å². The maximum Gasteiger partial charge on any atom is 0.316 e. The van der Waals surface area contributed by atoms with Crippen molar-refractivity contribution < 1.29 is 9.53 Å². The lowest BCUT2D eigenvalue weighted by atomic mass is 10.5. The molecule has 0 aromatic carbocycles. The Morgan fingerprint density at radius 3 is 2.73 bits per heavy atom. The van der Waals surface area contributed by atoms with E-state index in [4.69, 9.17) is 4.74 Å². The summed E-state index contributed by atoms with van der Waals surface area (Å²) in [6, 6.07) is -0.0985. The van der Waals surface area contributed by atoms with Gasteiger partial charge in [0.25, 0.3) is 0 Å². The highest BCUT2D eigenvalue weighted by Crippen LogP contribution is 1.87. The van der Waals surface area contributed by atoms with Gasteiger partial charge in [0.2, 0.25) is 0 Å². The number of amides is 2. The number of nitrogens with one attached hydrogen (secondary N) is 2. The lowest BCUT2D eigenvalue weighted by Crippen LogP contribution is -2.54. The van der Waals surface area contributed by atoms with Gasteiger partial charge in [0.05, 0.1) is 19.9 Å². The zero-order valence-corrected chi connectivity index (χ0v) is 6.59. The predicted molar refractivity (Wildman–Crippen MR) is 40.0 cm³/mol. The lowest BCUT2D eigenvalue weighted by Gasteiger charge is -2.27. The summed E-state index contributed by atoms with van der Waals surface area (Å²) in [6.07, 6.45) is 0. The van der Waals surface area contributed by atoms with Crippen LogP contribution in [-0.4, -0.2) is 44.5 Å². The number of nitrogens with zero attached hydrogens (tertiary/aromatic N) is 1. The number of hydrogen-bond donors (Lipinski definition) is 2. The van der Waals surface area contributed by atoms with E-state index in [1.54, 1.807) is 7.11 Å². The van der Waals surface area contributed by atoms with Crippen LogP contribution in [0.25, 0.3) is 0 Å². The Kier molecular flexibility index (Phi) is 3.13. The average Bonchev–Trinajstić information content (AvgIpc) is 2.04. The molecule has 5 heteroatoms. The monoisotopic (exact) mass is 159 g/mol. The molecule has 1 aliphatic heterocycles. The molecule has 0 bridgehead atoms. The Bertz CT molecular complexity index is 130. The third-order valence-electron chi connectivity index (χ3n) is 1.54. The Hall–Kier alpha value is -0.810. The summed E-state index contributed by atoms with van der Waals surface area (Å²) >= 11 is 0. The zero-order chi connectivity index (χ0) is 8.10. The van der Waals surface area contributed by atoms with Crippen LogP contribution in [0.5, 0.6) is 0 Å². The fourth-order valence-electron chi connectivity index (χ4n) is 0.864. The summed E-state index contributed by atoms with van der Waals surface area (Å²) in [6.45, 7) is 2.74. The lowest BCUT2D eigenvalue weighted by molar-refractivity contribution is 0.127. The number of rotatable bonds is 3. The Morgan fingerprint density at radius 1 is 1.55 bits per heavy atom. The largest absolute Gasteiger partial charge is 0.383 e. The molecule has 0 aromatic heterocycles. The van der Waals surface area contributed by atoms with Gasteiger partial charge in [0.1, 0.15) is 0 Å². The first kappa shape index (κ1) is 8.29. The van der Waals surface area contributed by atoms with E-state index in [0.29, 0.717) is 19.9 Å². The molecule has 0 aromatic rings. The highest BCUT2D eigenvalue weighted by atomic mass is 16.5. The van der Waals surface area contributed by atoms with Crippen LogP contribution < -0.4 is 10.6 Å². The molecule has 1 rings (SSSR count). The minimum Gasteiger partial charge on any atom is -0.383 e. The maximum absolute atomic E-state index is 10.6. The third-order valence-corrected chi connectivity index (χ3v) is 1.54. The fraction of sp³-hybridized carbons (Fsp3) is 0.833. The molecule has 1 aliphatic rings. The normalized spacial score (nSPS) is 19.2. The molecule has 1 heterocycles. The molecule has 0 aliphatic carbocycles. The second-order valence-electron chi connectivity index (χ2n) is 2.39. The Morgan fingerprint density at radius 2 is 2.18 bits per heavy atom. The fourth-order valence-corrected chi connectivity index (χ4v) is 0.864. The number of carbonyl (C=O) groups excluding carboxylic acids is 1. The van der Waals surface area contributed by atoms with Crippen LogP contribution in [0.2, 0.25) is 0 Å². The van der Waals surface area contributed by atoms with E-state index in [1.165, 1.54) is 0 Å². The van der Waals surface area contributed by atoms with Crippen LogP contribution in [-0.2, 0) is 4.74 Å². The van der Waals surface area contributed by atoms with E-state index in [1.807, 2.05) is 4.90 Å². The second-order valence-corrected chi connectivity index (χ2v) is 2.39. The van der Waals surface area contributed by atoms with Crippen LogP contribution in [0, 0.1) is 0 Å². The first-order chi connectivity index (χ1) is 5.33. The molecule has 0 saturated carbocycles. The molecule has 0 radical (unpaired) electrons. The van der Waals surface area contributed by atoms with Crippen molar-refractivity contribution in [1.29, 1.82) is 0 Å². The molecule has 1 saturated heterocycles. The van der Waals surface area contributed by atoms with Crippen molar-refractivity contribution in [2.75, 3.05) is 33.6 Å². The molecule has 1 fully saturated rings. The summed E-state index contributed by atoms with van der Waals surface area (Å²) in [7, 11) is 1.66. The van der Waals surface area contributed by atoms with E-state index in [0.717, 1.165) is 6.54 Å². The van der Waals surface area contributed by atoms with Gasteiger partial charge in [-0.2, -0.15) is 0 Å². The van der Waals surface area contributed by atoms with Gasteiger partial charge in [-0.05, 0) is 0 Å². The smallest absolute Gasteiger partial charge is 0.316 e. The van der Waals surface area contributed by atoms with Crippen LogP contribution in [0.4, 0.5) is 4.79 Å². The Balaban J connectivity index is 2.12. The van der Waals surface area contributed by atoms with Crippen LogP contribution in [0.15, 0.2) is 0 Å². The summed E-state index contributed by atoms with van der Waals surface area (Å²) < 4.78 is 4.89. The van der Waals surface area contributed by atoms with Crippen LogP contribution in [0.3, 0.4) is 0 Å². The van der Waals surface area contributed by atoms with E-state index in [2.05, 4.69) is 10.6 Å². The summed E-state index contributed by atoms with van der Waals surface area (Å²) in [4.78, 5) is 12.6. The zero-order valence-electron chi connectivity index (χ0n) is 6.59. The van der Waals surface area contributed by atoms with Crippen molar-refractivity contribution in [3.05, 3.63) is 0 Å². The predicted octanol–water partition coefficient (Wildman–Crippen LogP) is -0.837. The second kappa shape index (κ2) is 4.15. The molecule has 11 heavy (non-hydrogen) atoms. The molecule has 0 atom stereocenters. The Labute approximate surface area is 65.7 Å². The van der Waals surface area contributed by atoms with Crippen molar-refractivity contribution >= 4 is 6.03 Å². The quantitative estimate of drug-likeness (QED) is 0.564. The van der Waals surface area contributed by atoms with Crippen molar-refractivity contribution in [1.82, 2.24) is 15.5 Å². The third kappa shape index (κ3) is 2.73. The van der Waals surface area contributed by atoms with Crippen molar-refractivity contribution in [2.24, 2.45) is 0 Å². The maximum atomic E-state index is 10.6. The summed E-state index contributed by atoms with van der Waals surface area (Å²) in [5, 5.41) is 5.32. The van der Waals surface area contributed by atoms with Crippen molar-refractivity contribution in [2.45, 2.75) is 0 Å². The van der Waals surface area contributed by atoms with E-state index in [9.17, 15) is 4.79 Å². The van der Waals surface area contributed by atoms with E-state index < -0.39 is 0 Å². The number of hydrogen-bond acceptors (Lipinski definition) is 3. The van der Waals surface area contributed by atoms with Crippen molar-refractivity contribution in [3.8, 4) is 0 Å². The minimum atomic E-state index is -0.0985. The SMILES string of the molecule is COCCN1CNC(=O)NC1. The van der Waals surface area contributed by atoms with Gasteiger partial charge in [-0.25, -0.2) is 4.79 Å². The van der Waals surface area contributed by atoms with Gasteiger partial charge in [-0.15, -0.1) is 0 Å². The highest BCUT2D eigenvalue weighted by molar-refractivity contribution is 5.74. The molecule has 5 nitrogen and oxygen atoms in total. The van der Waals surface area contributed by atoms with Gasteiger partial charge in [-0.1, -0.05) is 0 Å². The molecular weight excluding hydrogens is 146 g/mol. The summed E-state index contributed by atoms with van der Waals surface area (Å²) in [5.41, 5.74) is 0. The standard InChI is InChI=1S/C6H13N3O2/c1-11-3-2-9-4-7-6(10)8-5-9/h2-5H2,1H3,(H2,7,8,10). The minimum absolute atomic E-state index is 0.0985. The molecule has 2 amide bonds. The van der Waals surface area contributed by atoms with Crippen LogP contribution >= 0.6 is 0 Å². The van der Waals surface area contributed by atoms with Crippen LogP contribution in [0.1, 0.15) is 0 Å². The van der Waals surface area contributed by atoms with Gasteiger partial charge >= 0.3 is 6.03 Å². The van der Waals surface area contributed by atoms with Gasteiger partial charge < -0.3 is 15.4 Å². The molecule has 2 N–H and O–H groups in total. The highest BCUT2D eigenvalue weighted by Gasteiger charge is 2.12. The van der Waals surface area contributed by atoms with E-state index in [-0.39, 0.29) is 6.03 Å². The topological polar surface area (TPSA) is 53.6 Å². The average molecular weight is 159 g/mol. The van der Waals surface area contributed by atoms with Gasteiger partial charge in [0, 0.05) is 13.7 Å². The van der Waals surface area contributed by atoms with E-state index >= 15 is 0 Å².